The Kier molecular flexibility index (Phi) is 9.61. The van der Waals surface area contributed by atoms with Crippen LogP contribution in [0.25, 0.3) is 0 Å². The van der Waals surface area contributed by atoms with Crippen LogP contribution >= 0.6 is 0 Å². The van der Waals surface area contributed by atoms with Crippen molar-refractivity contribution in [1.29, 1.82) is 0 Å². The third-order valence-electron chi connectivity index (χ3n) is 5.17. The van der Waals surface area contributed by atoms with Crippen LogP contribution in [-0.2, 0) is 33.3 Å². The van der Waals surface area contributed by atoms with Crippen LogP contribution in [0.1, 0.15) is 42.1 Å². The highest BCUT2D eigenvalue weighted by atomic mass is 16.6. The Morgan fingerprint density at radius 2 is 1.22 bits per heavy atom. The van der Waals surface area contributed by atoms with Gasteiger partial charge in [0.1, 0.15) is 13.2 Å². The molecule has 1 aromatic rings. The molecule has 0 bridgehead atoms. The number of methoxy groups -OCH3 is 3. The van der Waals surface area contributed by atoms with E-state index in [0.29, 0.717) is 28.7 Å². The molecule has 32 heavy (non-hydrogen) atoms. The number of hydrogen-bond donors (Lipinski definition) is 0. The van der Waals surface area contributed by atoms with E-state index in [2.05, 4.69) is 0 Å². The van der Waals surface area contributed by atoms with Gasteiger partial charge in [0, 0.05) is 31.3 Å². The van der Waals surface area contributed by atoms with Crippen LogP contribution in [0.5, 0.6) is 0 Å². The Morgan fingerprint density at radius 1 is 0.750 bits per heavy atom. The van der Waals surface area contributed by atoms with Gasteiger partial charge in [-0.15, -0.1) is 0 Å². The lowest BCUT2D eigenvalue weighted by Crippen LogP contribution is -2.27. The maximum atomic E-state index is 13.0. The van der Waals surface area contributed by atoms with Crippen LogP contribution < -0.4 is 0 Å². The number of esters is 3. The van der Waals surface area contributed by atoms with Crippen molar-refractivity contribution in [3.63, 3.8) is 0 Å². The lowest BCUT2D eigenvalue weighted by Gasteiger charge is -2.30. The lowest BCUT2D eigenvalue weighted by molar-refractivity contribution is -0.141. The van der Waals surface area contributed by atoms with E-state index < -0.39 is 23.8 Å². The number of benzene rings is 1. The normalized spacial score (nSPS) is 14.4. The average molecular weight is 446 g/mol. The molecule has 2 rings (SSSR count). The largest absolute Gasteiger partial charge is 0.465 e. The van der Waals surface area contributed by atoms with Crippen LogP contribution in [0.15, 0.2) is 46.6 Å². The summed E-state index contributed by atoms with van der Waals surface area (Å²) in [7, 11) is 4.34. The maximum absolute atomic E-state index is 13.0. The average Bonchev–Trinajstić information content (AvgIpc) is 2.78. The van der Waals surface area contributed by atoms with E-state index in [1.165, 1.54) is 21.3 Å². The standard InChI is InChI=1S/C24H30O8/c1-15-14-16(2)20(24(27)32-13-11-29-4)21(19(15)23(26)31-12-10-28-3)17-6-8-18(9-7-17)22(25)30-5/h6-9,21H,10-14H2,1-5H3. The van der Waals surface area contributed by atoms with Crippen molar-refractivity contribution >= 4 is 17.9 Å². The molecule has 0 saturated carbocycles. The van der Waals surface area contributed by atoms with Gasteiger partial charge < -0.3 is 23.7 Å². The Balaban J connectivity index is 2.49. The SMILES string of the molecule is COCCOC(=O)C1=C(C)CC(C)=C(C(=O)OCCOC)C1c1ccc(C(=O)OC)cc1. The Labute approximate surface area is 188 Å². The van der Waals surface area contributed by atoms with Crippen molar-refractivity contribution in [1.82, 2.24) is 0 Å². The zero-order valence-corrected chi connectivity index (χ0v) is 19.2. The smallest absolute Gasteiger partial charge is 0.337 e. The molecule has 0 N–H and O–H groups in total. The van der Waals surface area contributed by atoms with Gasteiger partial charge in [-0.2, -0.15) is 0 Å². The van der Waals surface area contributed by atoms with Gasteiger partial charge >= 0.3 is 17.9 Å². The molecule has 0 spiro atoms. The predicted molar refractivity (Wildman–Crippen MR) is 116 cm³/mol. The van der Waals surface area contributed by atoms with E-state index in [4.69, 9.17) is 23.7 Å². The topological polar surface area (TPSA) is 97.4 Å². The Bertz CT molecular complexity index is 851. The summed E-state index contributed by atoms with van der Waals surface area (Å²) in [5.74, 6) is -2.20. The van der Waals surface area contributed by atoms with E-state index in [1.807, 2.05) is 13.8 Å². The van der Waals surface area contributed by atoms with Crippen LogP contribution in [0.4, 0.5) is 0 Å². The van der Waals surface area contributed by atoms with Crippen LogP contribution in [0.3, 0.4) is 0 Å². The number of carbonyl (C=O) groups excluding carboxylic acids is 3. The van der Waals surface area contributed by atoms with Crippen LogP contribution in [0, 0.1) is 0 Å². The third-order valence-corrected chi connectivity index (χ3v) is 5.17. The van der Waals surface area contributed by atoms with Crippen molar-refractivity contribution in [2.45, 2.75) is 26.2 Å². The lowest BCUT2D eigenvalue weighted by atomic mass is 9.75. The second-order valence-corrected chi connectivity index (χ2v) is 7.37. The van der Waals surface area contributed by atoms with E-state index >= 15 is 0 Å². The molecule has 1 aliphatic carbocycles. The van der Waals surface area contributed by atoms with Crippen LogP contribution in [-0.4, -0.2) is 65.7 Å². The molecule has 1 aliphatic rings. The van der Waals surface area contributed by atoms with Crippen molar-refractivity contribution in [2.24, 2.45) is 0 Å². The van der Waals surface area contributed by atoms with Gasteiger partial charge in [0.05, 0.1) is 25.9 Å². The molecule has 174 valence electrons. The number of carbonyl (C=O) groups is 3. The van der Waals surface area contributed by atoms with Crippen LogP contribution in [0.2, 0.25) is 0 Å². The molecule has 0 saturated heterocycles. The second kappa shape index (κ2) is 12.2. The van der Waals surface area contributed by atoms with Gasteiger partial charge in [0.15, 0.2) is 0 Å². The summed E-state index contributed by atoms with van der Waals surface area (Å²) in [6, 6.07) is 6.60. The van der Waals surface area contributed by atoms with E-state index in [-0.39, 0.29) is 26.4 Å². The van der Waals surface area contributed by atoms with E-state index in [0.717, 1.165) is 11.1 Å². The fraction of sp³-hybridized carbons (Fsp3) is 0.458. The van der Waals surface area contributed by atoms with Crippen molar-refractivity contribution in [3.8, 4) is 0 Å². The Morgan fingerprint density at radius 3 is 1.62 bits per heavy atom. The molecule has 0 aromatic heterocycles. The summed E-state index contributed by atoms with van der Waals surface area (Å²) < 4.78 is 25.5. The van der Waals surface area contributed by atoms with Gasteiger partial charge in [-0.3, -0.25) is 0 Å². The Hall–Kier alpha value is -2.97. The zero-order chi connectivity index (χ0) is 23.7. The molecule has 8 nitrogen and oxygen atoms in total. The van der Waals surface area contributed by atoms with Gasteiger partial charge in [0.2, 0.25) is 0 Å². The summed E-state index contributed by atoms with van der Waals surface area (Å²) in [5, 5.41) is 0. The van der Waals surface area contributed by atoms with E-state index in [1.54, 1.807) is 24.3 Å². The number of hydrogen-bond acceptors (Lipinski definition) is 8. The first-order chi connectivity index (χ1) is 15.3. The van der Waals surface area contributed by atoms with Gasteiger partial charge in [-0.05, 0) is 38.0 Å². The summed E-state index contributed by atoms with van der Waals surface area (Å²) in [6.45, 7) is 4.40. The minimum Gasteiger partial charge on any atom is -0.465 e. The highest BCUT2D eigenvalue weighted by molar-refractivity contribution is 6.00. The number of ether oxygens (including phenoxy) is 5. The van der Waals surface area contributed by atoms with Gasteiger partial charge in [0.25, 0.3) is 0 Å². The first-order valence-electron chi connectivity index (χ1n) is 10.2. The predicted octanol–water partition coefficient (Wildman–Crippen LogP) is 2.97. The minimum absolute atomic E-state index is 0.0937. The summed E-state index contributed by atoms with van der Waals surface area (Å²) in [4.78, 5) is 37.9. The fourth-order valence-corrected chi connectivity index (χ4v) is 3.66. The fourth-order valence-electron chi connectivity index (χ4n) is 3.66. The molecule has 8 heteroatoms. The first kappa shape index (κ1) is 25.3. The quantitative estimate of drug-likeness (QED) is 0.307. The van der Waals surface area contributed by atoms with Crippen molar-refractivity contribution in [3.05, 3.63) is 57.7 Å². The zero-order valence-electron chi connectivity index (χ0n) is 19.2. The summed E-state index contributed by atoms with van der Waals surface area (Å²) in [6.07, 6.45) is 0.445. The number of allylic oxidation sites excluding steroid dienone is 2. The molecule has 0 amide bonds. The molecular weight excluding hydrogens is 416 g/mol. The van der Waals surface area contributed by atoms with Crippen molar-refractivity contribution < 1.29 is 38.1 Å². The molecule has 0 atom stereocenters. The second-order valence-electron chi connectivity index (χ2n) is 7.37. The van der Waals surface area contributed by atoms with Crippen molar-refractivity contribution in [2.75, 3.05) is 47.8 Å². The molecule has 0 unspecified atom stereocenters. The molecular formula is C24H30O8. The summed E-state index contributed by atoms with van der Waals surface area (Å²) in [5.41, 5.74) is 3.41. The molecule has 0 aliphatic heterocycles. The minimum atomic E-state index is -0.694. The number of rotatable bonds is 10. The molecule has 1 aromatic carbocycles. The monoisotopic (exact) mass is 446 g/mol. The first-order valence-corrected chi connectivity index (χ1v) is 10.2. The maximum Gasteiger partial charge on any atom is 0.337 e. The summed E-state index contributed by atoms with van der Waals surface area (Å²) >= 11 is 0. The molecule has 0 radical (unpaired) electrons. The molecule has 0 heterocycles. The highest BCUT2D eigenvalue weighted by Crippen LogP contribution is 2.42. The highest BCUT2D eigenvalue weighted by Gasteiger charge is 2.37. The van der Waals surface area contributed by atoms with E-state index in [9.17, 15) is 14.4 Å². The van der Waals surface area contributed by atoms with Gasteiger partial charge in [-0.25, -0.2) is 14.4 Å². The van der Waals surface area contributed by atoms with Gasteiger partial charge in [-0.1, -0.05) is 23.3 Å². The molecule has 0 fully saturated rings. The third kappa shape index (κ3) is 6.05.